The molecule has 4 nitrogen and oxygen atoms in total. The molecule has 0 fully saturated rings. The van der Waals surface area contributed by atoms with Crippen molar-refractivity contribution in [1.29, 1.82) is 0 Å². The summed E-state index contributed by atoms with van der Waals surface area (Å²) in [6.45, 7) is 0. The van der Waals surface area contributed by atoms with E-state index >= 15 is 0 Å². The molecule has 2 heterocycles. The number of nitrogens with one attached hydrogen (secondary N) is 1. The molecule has 0 saturated carbocycles. The quantitative estimate of drug-likeness (QED) is 0.532. The highest BCUT2D eigenvalue weighted by atomic mass is 32.2. The lowest BCUT2D eigenvalue weighted by atomic mass is 10.3. The fourth-order valence-corrected chi connectivity index (χ4v) is 3.62. The number of rotatable bonds is 6. The van der Waals surface area contributed by atoms with Crippen molar-refractivity contribution < 1.29 is 9.18 Å². The van der Waals surface area contributed by atoms with Gasteiger partial charge in [-0.15, -0.1) is 23.1 Å². The molecular formula is C16H14FN3OS2. The Kier molecular flexibility index (Phi) is 5.19. The molecule has 3 rings (SSSR count). The monoisotopic (exact) mass is 347 g/mol. The van der Waals surface area contributed by atoms with E-state index in [1.54, 1.807) is 23.9 Å². The van der Waals surface area contributed by atoms with Gasteiger partial charge in [0.05, 0.1) is 5.39 Å². The van der Waals surface area contributed by atoms with Crippen molar-refractivity contribution in [2.24, 2.45) is 0 Å². The van der Waals surface area contributed by atoms with Gasteiger partial charge in [-0.2, -0.15) is 0 Å². The number of thiophene rings is 1. The van der Waals surface area contributed by atoms with Gasteiger partial charge < -0.3 is 5.32 Å². The lowest BCUT2D eigenvalue weighted by Gasteiger charge is -2.05. The maximum atomic E-state index is 12.8. The van der Waals surface area contributed by atoms with Crippen molar-refractivity contribution in [3.05, 3.63) is 47.9 Å². The third-order valence-corrected chi connectivity index (χ3v) is 5.07. The molecule has 1 N–H and O–H groups in total. The summed E-state index contributed by atoms with van der Waals surface area (Å²) in [7, 11) is 0. The third kappa shape index (κ3) is 4.27. The largest absolute Gasteiger partial charge is 0.310 e. The van der Waals surface area contributed by atoms with Crippen molar-refractivity contribution in [1.82, 2.24) is 9.97 Å². The number of hydrogen-bond donors (Lipinski definition) is 1. The van der Waals surface area contributed by atoms with Crippen molar-refractivity contribution in [2.45, 2.75) is 17.7 Å². The fraction of sp³-hybridized carbons (Fsp3) is 0.188. The van der Waals surface area contributed by atoms with Gasteiger partial charge in [-0.1, -0.05) is 0 Å². The summed E-state index contributed by atoms with van der Waals surface area (Å²) < 4.78 is 12.8. The first-order valence-corrected chi connectivity index (χ1v) is 8.95. The number of carbonyl (C=O) groups excluding carboxylic acids is 1. The highest BCUT2D eigenvalue weighted by Gasteiger charge is 2.08. The topological polar surface area (TPSA) is 54.9 Å². The minimum atomic E-state index is -0.238. The predicted molar refractivity (Wildman–Crippen MR) is 92.4 cm³/mol. The first kappa shape index (κ1) is 15.9. The Bertz CT molecular complexity index is 804. The average Bonchev–Trinajstić information content (AvgIpc) is 3.03. The van der Waals surface area contributed by atoms with Gasteiger partial charge in [-0.25, -0.2) is 14.4 Å². The second-order valence-corrected chi connectivity index (χ2v) is 6.88. The number of fused-ring (bicyclic) bond motifs is 1. The molecule has 0 aliphatic carbocycles. The first-order valence-electron chi connectivity index (χ1n) is 7.09. The van der Waals surface area contributed by atoms with Crippen LogP contribution in [0.4, 0.5) is 10.2 Å². The van der Waals surface area contributed by atoms with Gasteiger partial charge in [0.25, 0.3) is 0 Å². The van der Waals surface area contributed by atoms with Gasteiger partial charge in [0.1, 0.15) is 22.8 Å². The van der Waals surface area contributed by atoms with Crippen LogP contribution < -0.4 is 5.32 Å². The molecule has 23 heavy (non-hydrogen) atoms. The van der Waals surface area contributed by atoms with Crippen molar-refractivity contribution in [3.63, 3.8) is 0 Å². The lowest BCUT2D eigenvalue weighted by molar-refractivity contribution is -0.116. The number of anilines is 1. The van der Waals surface area contributed by atoms with Crippen LogP contribution in [0.2, 0.25) is 0 Å². The maximum Gasteiger partial charge on any atom is 0.225 e. The summed E-state index contributed by atoms with van der Waals surface area (Å²) >= 11 is 3.13. The zero-order valence-electron chi connectivity index (χ0n) is 12.2. The minimum Gasteiger partial charge on any atom is -0.310 e. The molecular weight excluding hydrogens is 333 g/mol. The molecule has 0 aliphatic rings. The molecule has 2 aromatic heterocycles. The molecule has 0 unspecified atom stereocenters. The van der Waals surface area contributed by atoms with Gasteiger partial charge in [0, 0.05) is 11.3 Å². The molecule has 0 bridgehead atoms. The molecule has 0 aliphatic heterocycles. The van der Waals surface area contributed by atoms with Crippen LogP contribution in [0.5, 0.6) is 0 Å². The summed E-state index contributed by atoms with van der Waals surface area (Å²) in [4.78, 5) is 22.1. The van der Waals surface area contributed by atoms with Crippen LogP contribution in [0, 0.1) is 5.82 Å². The van der Waals surface area contributed by atoms with Gasteiger partial charge >= 0.3 is 0 Å². The molecule has 0 atom stereocenters. The van der Waals surface area contributed by atoms with E-state index < -0.39 is 0 Å². The molecule has 1 amide bonds. The number of aromatic nitrogens is 2. The van der Waals surface area contributed by atoms with E-state index in [9.17, 15) is 9.18 Å². The fourth-order valence-electron chi connectivity index (χ4n) is 2.04. The van der Waals surface area contributed by atoms with Crippen LogP contribution in [-0.4, -0.2) is 21.6 Å². The van der Waals surface area contributed by atoms with Crippen LogP contribution >= 0.6 is 23.1 Å². The Hall–Kier alpha value is -1.99. The summed E-state index contributed by atoms with van der Waals surface area (Å²) in [5.74, 6) is 1.07. The predicted octanol–water partition coefficient (Wildman–Crippen LogP) is 4.34. The van der Waals surface area contributed by atoms with Crippen LogP contribution in [0.15, 0.2) is 46.9 Å². The van der Waals surface area contributed by atoms with Crippen LogP contribution in [-0.2, 0) is 4.79 Å². The van der Waals surface area contributed by atoms with E-state index in [1.807, 2.05) is 11.4 Å². The number of thioether (sulfide) groups is 1. The molecule has 0 radical (unpaired) electrons. The average molecular weight is 347 g/mol. The Morgan fingerprint density at radius 1 is 1.22 bits per heavy atom. The Morgan fingerprint density at radius 2 is 2.04 bits per heavy atom. The van der Waals surface area contributed by atoms with E-state index in [2.05, 4.69) is 15.3 Å². The minimum absolute atomic E-state index is 0.0593. The number of halogens is 1. The van der Waals surface area contributed by atoms with E-state index in [-0.39, 0.29) is 11.7 Å². The Labute approximate surface area is 141 Å². The van der Waals surface area contributed by atoms with Crippen LogP contribution in [0.1, 0.15) is 12.8 Å². The molecule has 0 spiro atoms. The number of nitrogens with zero attached hydrogens (tertiary/aromatic N) is 2. The second kappa shape index (κ2) is 7.52. The molecule has 118 valence electrons. The third-order valence-electron chi connectivity index (χ3n) is 3.15. The van der Waals surface area contributed by atoms with E-state index in [0.29, 0.717) is 12.2 Å². The molecule has 1 aromatic carbocycles. The van der Waals surface area contributed by atoms with E-state index in [0.717, 1.165) is 27.3 Å². The van der Waals surface area contributed by atoms with Gasteiger partial charge in [0.15, 0.2) is 0 Å². The molecule has 3 aromatic rings. The SMILES string of the molecule is O=C(CCCSc1ccc(F)cc1)Nc1ncnc2sccc12. The summed E-state index contributed by atoms with van der Waals surface area (Å²) in [5.41, 5.74) is 0. The normalized spacial score (nSPS) is 10.8. The zero-order valence-corrected chi connectivity index (χ0v) is 13.8. The first-order chi connectivity index (χ1) is 11.2. The molecule has 7 heteroatoms. The summed E-state index contributed by atoms with van der Waals surface area (Å²) in [6, 6.07) is 8.27. The van der Waals surface area contributed by atoms with Crippen LogP contribution in [0.3, 0.4) is 0 Å². The molecule has 0 saturated heterocycles. The van der Waals surface area contributed by atoms with E-state index in [4.69, 9.17) is 0 Å². The Balaban J connectivity index is 1.46. The smallest absolute Gasteiger partial charge is 0.225 e. The van der Waals surface area contributed by atoms with Gasteiger partial charge in [0.2, 0.25) is 5.91 Å². The number of carbonyl (C=O) groups is 1. The summed E-state index contributed by atoms with van der Waals surface area (Å²) in [5, 5.41) is 5.63. The van der Waals surface area contributed by atoms with Crippen molar-refractivity contribution in [3.8, 4) is 0 Å². The maximum absolute atomic E-state index is 12.8. The standard InChI is InChI=1S/C16H14FN3OS2/c17-11-3-5-12(6-4-11)22-8-1-2-14(21)20-15-13-7-9-23-16(13)19-10-18-15/h3-7,9-10H,1-2,8H2,(H,18,19,20,21). The second-order valence-electron chi connectivity index (χ2n) is 4.82. The highest BCUT2D eigenvalue weighted by Crippen LogP contribution is 2.24. The zero-order chi connectivity index (χ0) is 16.1. The van der Waals surface area contributed by atoms with Gasteiger partial charge in [-0.05, 0) is 47.9 Å². The number of benzene rings is 1. The van der Waals surface area contributed by atoms with Crippen LogP contribution in [0.25, 0.3) is 10.2 Å². The van der Waals surface area contributed by atoms with Crippen molar-refractivity contribution in [2.75, 3.05) is 11.1 Å². The van der Waals surface area contributed by atoms with Gasteiger partial charge in [-0.3, -0.25) is 4.79 Å². The number of amides is 1. The lowest BCUT2D eigenvalue weighted by Crippen LogP contribution is -2.12. The van der Waals surface area contributed by atoms with E-state index in [1.165, 1.54) is 29.8 Å². The van der Waals surface area contributed by atoms with Crippen molar-refractivity contribution >= 4 is 45.0 Å². The summed E-state index contributed by atoms with van der Waals surface area (Å²) in [6.07, 6.45) is 2.62. The highest BCUT2D eigenvalue weighted by molar-refractivity contribution is 7.99. The number of hydrogen-bond acceptors (Lipinski definition) is 5. The Morgan fingerprint density at radius 3 is 2.87 bits per heavy atom.